The van der Waals surface area contributed by atoms with Crippen LogP contribution in [0.4, 0.5) is 11.5 Å². The van der Waals surface area contributed by atoms with E-state index in [2.05, 4.69) is 15.3 Å². The van der Waals surface area contributed by atoms with Crippen LogP contribution in [0.25, 0.3) is 10.9 Å². The first-order chi connectivity index (χ1) is 14.0. The van der Waals surface area contributed by atoms with Gasteiger partial charge < -0.3 is 10.4 Å². The molecule has 0 aliphatic heterocycles. The summed E-state index contributed by atoms with van der Waals surface area (Å²) in [5, 5.41) is 26.1. The van der Waals surface area contributed by atoms with Crippen LogP contribution in [0.1, 0.15) is 22.7 Å². The molecule has 0 radical (unpaired) electrons. The van der Waals surface area contributed by atoms with Gasteiger partial charge in [-0.2, -0.15) is 0 Å². The first-order valence-electron chi connectivity index (χ1n) is 9.03. The third-order valence-corrected chi connectivity index (χ3v) is 4.82. The summed E-state index contributed by atoms with van der Waals surface area (Å²) in [6, 6.07) is 17.0. The highest BCUT2D eigenvalue weighted by Gasteiger charge is 2.21. The van der Waals surface area contributed by atoms with Crippen molar-refractivity contribution in [3.63, 3.8) is 0 Å². The van der Waals surface area contributed by atoms with Crippen molar-refractivity contribution < 1.29 is 10.0 Å². The van der Waals surface area contributed by atoms with E-state index in [-0.39, 0.29) is 11.4 Å². The number of aromatic nitrogens is 2. The van der Waals surface area contributed by atoms with Crippen LogP contribution in [0.15, 0.2) is 73.1 Å². The summed E-state index contributed by atoms with van der Waals surface area (Å²) in [4.78, 5) is 19.3. The highest BCUT2D eigenvalue weighted by Crippen LogP contribution is 2.36. The number of anilines is 1. The van der Waals surface area contributed by atoms with E-state index in [1.165, 1.54) is 12.1 Å². The van der Waals surface area contributed by atoms with Gasteiger partial charge in [-0.1, -0.05) is 24.3 Å². The number of nitrogens with one attached hydrogen (secondary N) is 1. The molecule has 2 aromatic carbocycles. The van der Waals surface area contributed by atoms with E-state index in [9.17, 15) is 15.2 Å². The van der Waals surface area contributed by atoms with Crippen molar-refractivity contribution in [2.75, 3.05) is 5.32 Å². The molecule has 1 atom stereocenters. The minimum absolute atomic E-state index is 0.00548. The molecule has 7 heteroatoms. The summed E-state index contributed by atoms with van der Waals surface area (Å²) >= 11 is 0. The number of nitro benzene ring substituents is 1. The van der Waals surface area contributed by atoms with Crippen molar-refractivity contribution in [3.8, 4) is 5.75 Å². The number of phenols is 1. The Morgan fingerprint density at radius 2 is 1.72 bits per heavy atom. The fraction of sp³-hybridized carbons (Fsp3) is 0.0909. The summed E-state index contributed by atoms with van der Waals surface area (Å²) in [6.45, 7) is 1.93. The molecule has 4 rings (SSSR count). The van der Waals surface area contributed by atoms with Crippen LogP contribution in [0, 0.1) is 17.0 Å². The smallest absolute Gasteiger partial charge is 0.269 e. The summed E-state index contributed by atoms with van der Waals surface area (Å²) in [5.74, 6) is 0.726. The van der Waals surface area contributed by atoms with Gasteiger partial charge in [0.25, 0.3) is 5.69 Å². The second kappa shape index (κ2) is 7.55. The summed E-state index contributed by atoms with van der Waals surface area (Å²) in [5.41, 5.74) is 2.81. The first-order valence-corrected chi connectivity index (χ1v) is 9.03. The molecule has 2 aromatic heterocycles. The predicted molar refractivity (Wildman–Crippen MR) is 111 cm³/mol. The van der Waals surface area contributed by atoms with Gasteiger partial charge in [-0.05, 0) is 42.3 Å². The SMILES string of the molecule is Cc1cccnc1NC(c1ccc([N+](=O)[O-])cc1)c1ccc2cccnc2c1O. The van der Waals surface area contributed by atoms with Crippen LogP contribution in [0.2, 0.25) is 0 Å². The Labute approximate surface area is 166 Å². The zero-order valence-corrected chi connectivity index (χ0v) is 15.6. The van der Waals surface area contributed by atoms with Crippen LogP contribution in [-0.2, 0) is 0 Å². The van der Waals surface area contributed by atoms with Gasteiger partial charge in [-0.3, -0.25) is 15.1 Å². The molecule has 2 heterocycles. The second-order valence-electron chi connectivity index (χ2n) is 6.67. The van der Waals surface area contributed by atoms with E-state index in [1.54, 1.807) is 24.5 Å². The molecule has 7 nitrogen and oxygen atoms in total. The van der Waals surface area contributed by atoms with Gasteiger partial charge in [0.15, 0.2) is 0 Å². The number of nitro groups is 1. The lowest BCUT2D eigenvalue weighted by molar-refractivity contribution is -0.384. The molecule has 4 aromatic rings. The predicted octanol–water partition coefficient (Wildman–Crippen LogP) is 4.75. The number of rotatable bonds is 5. The quantitative estimate of drug-likeness (QED) is 0.379. The molecule has 1 unspecified atom stereocenters. The first kappa shape index (κ1) is 18.4. The standard InChI is InChI=1S/C22H18N4O3/c1-14-4-2-13-24-22(14)25-19(16-6-9-17(10-7-16)26(28)29)18-11-8-15-5-3-12-23-20(15)21(18)27/h2-13,19,27H,1H3,(H,24,25). The van der Waals surface area contributed by atoms with Crippen LogP contribution in [-0.4, -0.2) is 20.0 Å². The summed E-state index contributed by atoms with van der Waals surface area (Å²) in [7, 11) is 0. The highest BCUT2D eigenvalue weighted by molar-refractivity contribution is 5.86. The molecule has 0 spiro atoms. The number of hydrogen-bond acceptors (Lipinski definition) is 6. The number of hydrogen-bond donors (Lipinski definition) is 2. The fourth-order valence-corrected chi connectivity index (χ4v) is 3.28. The number of benzene rings is 2. The van der Waals surface area contributed by atoms with Gasteiger partial charge in [0.05, 0.1) is 11.0 Å². The Bertz CT molecular complexity index is 1190. The zero-order valence-electron chi connectivity index (χ0n) is 15.6. The molecule has 0 saturated heterocycles. The Hall–Kier alpha value is -4.00. The number of aromatic hydroxyl groups is 1. The summed E-state index contributed by atoms with van der Waals surface area (Å²) < 4.78 is 0. The third kappa shape index (κ3) is 3.58. The van der Waals surface area contributed by atoms with E-state index in [4.69, 9.17) is 0 Å². The van der Waals surface area contributed by atoms with Gasteiger partial charge in [0, 0.05) is 35.5 Å². The van der Waals surface area contributed by atoms with Crippen LogP contribution < -0.4 is 5.32 Å². The number of fused-ring (bicyclic) bond motifs is 1. The molecule has 0 aliphatic carbocycles. The maximum atomic E-state index is 11.0. The lowest BCUT2D eigenvalue weighted by atomic mass is 9.96. The van der Waals surface area contributed by atoms with Crippen LogP contribution in [0.5, 0.6) is 5.75 Å². The second-order valence-corrected chi connectivity index (χ2v) is 6.67. The van der Waals surface area contributed by atoms with Crippen molar-refractivity contribution >= 4 is 22.4 Å². The molecule has 0 saturated carbocycles. The van der Waals surface area contributed by atoms with Crippen LogP contribution >= 0.6 is 0 Å². The number of non-ortho nitro benzene ring substituents is 1. The Kier molecular flexibility index (Phi) is 4.78. The molecular weight excluding hydrogens is 368 g/mol. The number of pyridine rings is 2. The molecule has 29 heavy (non-hydrogen) atoms. The third-order valence-electron chi connectivity index (χ3n) is 4.82. The van der Waals surface area contributed by atoms with Gasteiger partial charge in [-0.15, -0.1) is 0 Å². The zero-order chi connectivity index (χ0) is 20.4. The van der Waals surface area contributed by atoms with Crippen LogP contribution in [0.3, 0.4) is 0 Å². The van der Waals surface area contributed by atoms with Gasteiger partial charge >= 0.3 is 0 Å². The number of nitrogens with zero attached hydrogens (tertiary/aromatic N) is 3. The Balaban J connectivity index is 1.85. The van der Waals surface area contributed by atoms with Gasteiger partial charge in [0.1, 0.15) is 17.1 Å². The maximum Gasteiger partial charge on any atom is 0.269 e. The normalized spacial score (nSPS) is 11.9. The minimum atomic E-state index is -0.476. The lowest BCUT2D eigenvalue weighted by Gasteiger charge is -2.22. The van der Waals surface area contributed by atoms with Crippen molar-refractivity contribution in [1.82, 2.24) is 9.97 Å². The fourth-order valence-electron chi connectivity index (χ4n) is 3.28. The molecular formula is C22H18N4O3. The Morgan fingerprint density at radius 3 is 2.45 bits per heavy atom. The van der Waals surface area contributed by atoms with Crippen molar-refractivity contribution in [3.05, 3.63) is 99.9 Å². The van der Waals surface area contributed by atoms with E-state index in [1.807, 2.05) is 43.3 Å². The lowest BCUT2D eigenvalue weighted by Crippen LogP contribution is -2.14. The molecule has 0 amide bonds. The number of aryl methyl sites for hydroxylation is 1. The largest absolute Gasteiger partial charge is 0.505 e. The molecule has 0 aliphatic rings. The average Bonchev–Trinajstić information content (AvgIpc) is 2.74. The van der Waals surface area contributed by atoms with Gasteiger partial charge in [0.2, 0.25) is 0 Å². The highest BCUT2D eigenvalue weighted by atomic mass is 16.6. The molecule has 144 valence electrons. The Morgan fingerprint density at radius 1 is 1.00 bits per heavy atom. The van der Waals surface area contributed by atoms with Crippen molar-refractivity contribution in [1.29, 1.82) is 0 Å². The number of phenolic OH excluding ortho intramolecular Hbond substituents is 1. The van der Waals surface area contributed by atoms with Crippen molar-refractivity contribution in [2.45, 2.75) is 13.0 Å². The topological polar surface area (TPSA) is 101 Å². The van der Waals surface area contributed by atoms with E-state index in [0.29, 0.717) is 16.9 Å². The molecule has 0 fully saturated rings. The molecule has 2 N–H and O–H groups in total. The van der Waals surface area contributed by atoms with E-state index < -0.39 is 11.0 Å². The minimum Gasteiger partial charge on any atom is -0.505 e. The monoisotopic (exact) mass is 386 g/mol. The van der Waals surface area contributed by atoms with E-state index >= 15 is 0 Å². The summed E-state index contributed by atoms with van der Waals surface area (Å²) in [6.07, 6.45) is 3.31. The molecule has 0 bridgehead atoms. The van der Waals surface area contributed by atoms with Crippen molar-refractivity contribution in [2.24, 2.45) is 0 Å². The maximum absolute atomic E-state index is 11.0. The average molecular weight is 386 g/mol. The van der Waals surface area contributed by atoms with E-state index in [0.717, 1.165) is 16.5 Å². The van der Waals surface area contributed by atoms with Gasteiger partial charge in [-0.25, -0.2) is 4.98 Å².